The van der Waals surface area contributed by atoms with Crippen LogP contribution in [-0.2, 0) is 16.4 Å². The lowest BCUT2D eigenvalue weighted by molar-refractivity contribution is -0.137. The van der Waals surface area contributed by atoms with Crippen LogP contribution >= 0.6 is 12.4 Å². The van der Waals surface area contributed by atoms with Crippen molar-refractivity contribution in [2.24, 2.45) is 5.73 Å². The third kappa shape index (κ3) is 4.14. The second-order valence-electron chi connectivity index (χ2n) is 5.41. The van der Waals surface area contributed by atoms with Gasteiger partial charge in [0.05, 0.1) is 11.0 Å². The lowest BCUT2D eigenvalue weighted by Crippen LogP contribution is -2.35. The van der Waals surface area contributed by atoms with Crippen LogP contribution in [-0.4, -0.2) is 19.0 Å². The number of alkyl halides is 3. The maximum absolute atomic E-state index is 12.8. The van der Waals surface area contributed by atoms with E-state index in [0.29, 0.717) is 31.5 Å². The van der Waals surface area contributed by atoms with Crippen LogP contribution in [0, 0.1) is 0 Å². The molecule has 3 nitrogen and oxygen atoms in total. The molecule has 2 rings (SSSR count). The van der Waals surface area contributed by atoms with Gasteiger partial charge in [-0.3, -0.25) is 4.79 Å². The summed E-state index contributed by atoms with van der Waals surface area (Å²) in [6, 6.07) is 5.08. The fraction of sp³-hybridized carbons (Fsp3) is 0.533. The molecule has 1 aromatic carbocycles. The number of carbonyl (C=O) groups excluding carboxylic acids is 1. The lowest BCUT2D eigenvalue weighted by atomic mass is 9.93. The Balaban J connectivity index is 0.00000242. The second kappa shape index (κ2) is 7.33. The summed E-state index contributed by atoms with van der Waals surface area (Å²) in [5.74, 6) is -0.182. The Kier molecular flexibility index (Phi) is 6.26. The van der Waals surface area contributed by atoms with Crippen molar-refractivity contribution in [2.45, 2.75) is 37.3 Å². The van der Waals surface area contributed by atoms with Crippen molar-refractivity contribution in [1.82, 2.24) is 5.32 Å². The molecule has 0 radical (unpaired) electrons. The molecule has 0 aliphatic heterocycles. The van der Waals surface area contributed by atoms with Gasteiger partial charge >= 0.3 is 6.18 Å². The van der Waals surface area contributed by atoms with Crippen molar-refractivity contribution >= 4 is 18.3 Å². The molecule has 0 saturated heterocycles. The first-order chi connectivity index (χ1) is 9.90. The molecule has 0 spiro atoms. The van der Waals surface area contributed by atoms with E-state index >= 15 is 0 Å². The van der Waals surface area contributed by atoms with E-state index in [1.807, 2.05) is 0 Å². The molecule has 22 heavy (non-hydrogen) atoms. The summed E-state index contributed by atoms with van der Waals surface area (Å²) in [5.41, 5.74) is 4.35. The molecular formula is C15H20ClF3N2O. The van der Waals surface area contributed by atoms with Crippen molar-refractivity contribution in [3.8, 4) is 0 Å². The minimum absolute atomic E-state index is 0. The predicted molar refractivity (Wildman–Crippen MR) is 80.9 cm³/mol. The Labute approximate surface area is 133 Å². The summed E-state index contributed by atoms with van der Waals surface area (Å²) >= 11 is 0. The van der Waals surface area contributed by atoms with E-state index in [-0.39, 0.29) is 18.3 Å². The Morgan fingerprint density at radius 3 is 2.50 bits per heavy atom. The van der Waals surface area contributed by atoms with Crippen molar-refractivity contribution in [2.75, 3.05) is 13.1 Å². The first-order valence-electron chi connectivity index (χ1n) is 7.06. The van der Waals surface area contributed by atoms with E-state index in [2.05, 4.69) is 5.32 Å². The second-order valence-corrected chi connectivity index (χ2v) is 5.41. The standard InChI is InChI=1S/C15H19F3N2O.ClH/c16-15(17,18)12-5-3-4-11(10-12)14(6-7-14)13(21)20-9-2-1-8-19;/h3-5,10H,1-2,6-9,19H2,(H,20,21);1H. The Morgan fingerprint density at radius 2 is 1.95 bits per heavy atom. The van der Waals surface area contributed by atoms with Gasteiger partial charge in [0.2, 0.25) is 5.91 Å². The normalized spacial score (nSPS) is 15.8. The SMILES string of the molecule is Cl.NCCCCNC(=O)C1(c2cccc(C(F)(F)F)c2)CC1. The molecule has 1 amide bonds. The van der Waals surface area contributed by atoms with Crippen LogP contribution in [0.15, 0.2) is 24.3 Å². The maximum Gasteiger partial charge on any atom is 0.416 e. The van der Waals surface area contributed by atoms with Gasteiger partial charge in [-0.15, -0.1) is 12.4 Å². The number of halogens is 4. The van der Waals surface area contributed by atoms with Gasteiger partial charge < -0.3 is 11.1 Å². The molecule has 0 atom stereocenters. The van der Waals surface area contributed by atoms with Crippen LogP contribution in [0.3, 0.4) is 0 Å². The van der Waals surface area contributed by atoms with Crippen LogP contribution in [0.4, 0.5) is 13.2 Å². The van der Waals surface area contributed by atoms with Gasteiger partial charge in [-0.05, 0) is 43.9 Å². The first kappa shape index (κ1) is 18.8. The summed E-state index contributed by atoms with van der Waals surface area (Å²) in [6.07, 6.45) is -1.60. The van der Waals surface area contributed by atoms with Gasteiger partial charge in [-0.2, -0.15) is 13.2 Å². The third-order valence-electron chi connectivity index (χ3n) is 3.84. The van der Waals surface area contributed by atoms with E-state index in [1.165, 1.54) is 6.07 Å². The Hall–Kier alpha value is -1.27. The first-order valence-corrected chi connectivity index (χ1v) is 7.06. The number of rotatable bonds is 6. The zero-order chi connectivity index (χ0) is 15.5. The highest BCUT2D eigenvalue weighted by Crippen LogP contribution is 2.49. The highest BCUT2D eigenvalue weighted by atomic mass is 35.5. The Morgan fingerprint density at radius 1 is 1.27 bits per heavy atom. The minimum Gasteiger partial charge on any atom is -0.355 e. The summed E-state index contributed by atoms with van der Waals surface area (Å²) in [5, 5.41) is 2.80. The molecule has 1 fully saturated rings. The molecular weight excluding hydrogens is 317 g/mol. The molecule has 1 saturated carbocycles. The monoisotopic (exact) mass is 336 g/mol. The molecule has 3 N–H and O–H groups in total. The third-order valence-corrected chi connectivity index (χ3v) is 3.84. The van der Waals surface area contributed by atoms with E-state index in [0.717, 1.165) is 25.0 Å². The van der Waals surface area contributed by atoms with Crippen LogP contribution in [0.5, 0.6) is 0 Å². The highest BCUT2D eigenvalue weighted by Gasteiger charge is 2.51. The quantitative estimate of drug-likeness (QED) is 0.785. The number of nitrogens with one attached hydrogen (secondary N) is 1. The minimum atomic E-state index is -4.39. The van der Waals surface area contributed by atoms with E-state index < -0.39 is 17.2 Å². The average Bonchev–Trinajstić information content (AvgIpc) is 3.24. The number of carbonyl (C=O) groups is 1. The molecule has 124 valence electrons. The number of hydrogen-bond acceptors (Lipinski definition) is 2. The molecule has 0 heterocycles. The van der Waals surface area contributed by atoms with Crippen LogP contribution in [0.2, 0.25) is 0 Å². The van der Waals surface area contributed by atoms with Crippen molar-refractivity contribution in [3.05, 3.63) is 35.4 Å². The van der Waals surface area contributed by atoms with Gasteiger partial charge in [0.15, 0.2) is 0 Å². The molecule has 1 aromatic rings. The number of amides is 1. The fourth-order valence-corrected chi connectivity index (χ4v) is 2.41. The number of hydrogen-bond donors (Lipinski definition) is 2. The van der Waals surface area contributed by atoms with Crippen LogP contribution in [0.25, 0.3) is 0 Å². The van der Waals surface area contributed by atoms with Gasteiger partial charge in [0.25, 0.3) is 0 Å². The summed E-state index contributed by atoms with van der Waals surface area (Å²) in [7, 11) is 0. The van der Waals surface area contributed by atoms with Crippen molar-refractivity contribution in [3.63, 3.8) is 0 Å². The zero-order valence-corrected chi connectivity index (χ0v) is 12.9. The molecule has 7 heteroatoms. The van der Waals surface area contributed by atoms with Crippen molar-refractivity contribution in [1.29, 1.82) is 0 Å². The molecule has 1 aliphatic rings. The summed E-state index contributed by atoms with van der Waals surface area (Å²) in [6.45, 7) is 1.07. The Bertz CT molecular complexity index is 516. The van der Waals surface area contributed by atoms with Gasteiger partial charge in [0.1, 0.15) is 0 Å². The highest BCUT2D eigenvalue weighted by molar-refractivity contribution is 5.91. The molecule has 0 aromatic heterocycles. The van der Waals surface area contributed by atoms with Gasteiger partial charge in [0, 0.05) is 6.54 Å². The van der Waals surface area contributed by atoms with E-state index in [9.17, 15) is 18.0 Å². The number of unbranched alkanes of at least 4 members (excludes halogenated alkanes) is 1. The van der Waals surface area contributed by atoms with Crippen molar-refractivity contribution < 1.29 is 18.0 Å². The number of nitrogens with two attached hydrogens (primary N) is 1. The largest absolute Gasteiger partial charge is 0.416 e. The summed E-state index contributed by atoms with van der Waals surface area (Å²) in [4.78, 5) is 12.2. The molecule has 0 unspecified atom stereocenters. The topological polar surface area (TPSA) is 55.1 Å². The maximum atomic E-state index is 12.8. The molecule has 1 aliphatic carbocycles. The smallest absolute Gasteiger partial charge is 0.355 e. The summed E-state index contributed by atoms with van der Waals surface area (Å²) < 4.78 is 38.3. The van der Waals surface area contributed by atoms with Gasteiger partial charge in [-0.1, -0.05) is 18.2 Å². The number of benzene rings is 1. The van der Waals surface area contributed by atoms with Gasteiger partial charge in [-0.25, -0.2) is 0 Å². The average molecular weight is 337 g/mol. The fourth-order valence-electron chi connectivity index (χ4n) is 2.41. The van der Waals surface area contributed by atoms with Crippen LogP contribution in [0.1, 0.15) is 36.8 Å². The van der Waals surface area contributed by atoms with E-state index in [1.54, 1.807) is 6.07 Å². The predicted octanol–water partition coefficient (Wildman–Crippen LogP) is 3.01. The lowest BCUT2D eigenvalue weighted by Gasteiger charge is -2.17. The van der Waals surface area contributed by atoms with E-state index in [4.69, 9.17) is 5.73 Å². The molecule has 0 bridgehead atoms. The zero-order valence-electron chi connectivity index (χ0n) is 12.1. The van der Waals surface area contributed by atoms with Crippen LogP contribution < -0.4 is 11.1 Å².